The van der Waals surface area contributed by atoms with Crippen molar-refractivity contribution in [3.8, 4) is 11.5 Å². The van der Waals surface area contributed by atoms with Gasteiger partial charge in [0, 0.05) is 10.0 Å². The molecule has 0 radical (unpaired) electrons. The van der Waals surface area contributed by atoms with E-state index in [1.807, 2.05) is 0 Å². The van der Waals surface area contributed by atoms with Crippen molar-refractivity contribution < 1.29 is 28.2 Å². The maximum atomic E-state index is 14.0. The molecule has 1 heterocycles. The first-order valence-electron chi connectivity index (χ1n) is 10.8. The standard InChI is InChI=1S/C26H19Br2FN2O5/c1-2-35-22-13-15(12-20(28)23(22)36-14-16-5-3-4-6-21(16)29)11-19-24(32)30-26(34)31(25(19)33)18-9-7-17(27)8-10-18/h3-13H,2,14H2,1H3,(H,30,32,34)/b19-11+. The Balaban J connectivity index is 1.66. The number of rotatable bonds is 7. The van der Waals surface area contributed by atoms with Crippen LogP contribution in [-0.2, 0) is 16.2 Å². The lowest BCUT2D eigenvalue weighted by atomic mass is 10.1. The molecule has 36 heavy (non-hydrogen) atoms. The van der Waals surface area contributed by atoms with E-state index >= 15 is 0 Å². The normalized spacial score (nSPS) is 14.7. The first kappa shape index (κ1) is 25.6. The number of benzene rings is 3. The molecule has 4 amide bonds. The molecule has 10 heteroatoms. The smallest absolute Gasteiger partial charge is 0.335 e. The lowest BCUT2D eigenvalue weighted by Gasteiger charge is -2.26. The van der Waals surface area contributed by atoms with Crippen LogP contribution in [0.2, 0.25) is 0 Å². The maximum Gasteiger partial charge on any atom is 0.335 e. The Labute approximate surface area is 223 Å². The number of halogens is 3. The largest absolute Gasteiger partial charge is 0.490 e. The Hall–Kier alpha value is -3.50. The molecule has 3 aromatic carbocycles. The third-order valence-corrected chi connectivity index (χ3v) is 6.28. The Morgan fingerprint density at radius 1 is 1.00 bits per heavy atom. The van der Waals surface area contributed by atoms with E-state index in [0.717, 1.165) is 9.37 Å². The SMILES string of the molecule is CCOc1cc(/C=C2\C(=O)NC(=O)N(c3ccc(Br)cc3)C2=O)cc(Br)c1OCc1ccccc1F. The van der Waals surface area contributed by atoms with Crippen molar-refractivity contribution in [2.75, 3.05) is 11.5 Å². The van der Waals surface area contributed by atoms with Crippen LogP contribution in [-0.4, -0.2) is 24.5 Å². The zero-order valence-corrected chi connectivity index (χ0v) is 22.1. The molecule has 1 aliphatic rings. The van der Waals surface area contributed by atoms with Gasteiger partial charge in [0.05, 0.1) is 16.8 Å². The molecule has 1 N–H and O–H groups in total. The Bertz CT molecular complexity index is 1380. The van der Waals surface area contributed by atoms with Crippen molar-refractivity contribution in [1.29, 1.82) is 0 Å². The molecule has 1 aliphatic heterocycles. The number of barbiturate groups is 1. The second kappa shape index (κ2) is 11.0. The van der Waals surface area contributed by atoms with Crippen molar-refractivity contribution >= 4 is 61.5 Å². The third kappa shape index (κ3) is 5.50. The number of urea groups is 1. The molecule has 0 aromatic heterocycles. The Kier molecular flexibility index (Phi) is 7.85. The van der Waals surface area contributed by atoms with Crippen LogP contribution in [0.4, 0.5) is 14.9 Å². The van der Waals surface area contributed by atoms with Gasteiger partial charge in [-0.15, -0.1) is 0 Å². The van der Waals surface area contributed by atoms with Crippen LogP contribution in [0.25, 0.3) is 6.08 Å². The van der Waals surface area contributed by atoms with Gasteiger partial charge in [-0.25, -0.2) is 14.1 Å². The topological polar surface area (TPSA) is 84.9 Å². The molecule has 0 aliphatic carbocycles. The summed E-state index contributed by atoms with van der Waals surface area (Å²) in [5.41, 5.74) is 0.909. The molecular weight excluding hydrogens is 599 g/mol. The minimum atomic E-state index is -0.836. The summed E-state index contributed by atoms with van der Waals surface area (Å²) in [7, 11) is 0. The summed E-state index contributed by atoms with van der Waals surface area (Å²) in [6, 6.07) is 15.2. The van der Waals surface area contributed by atoms with Gasteiger partial charge in [-0.05, 0) is 77.0 Å². The fourth-order valence-corrected chi connectivity index (χ4v) is 4.33. The molecular formula is C26H19Br2FN2O5. The number of hydrogen-bond donors (Lipinski definition) is 1. The van der Waals surface area contributed by atoms with Crippen LogP contribution in [0.1, 0.15) is 18.1 Å². The van der Waals surface area contributed by atoms with E-state index < -0.39 is 17.8 Å². The minimum Gasteiger partial charge on any atom is -0.490 e. The second-order valence-corrected chi connectivity index (χ2v) is 9.35. The average Bonchev–Trinajstić information content (AvgIpc) is 2.83. The number of anilines is 1. The highest BCUT2D eigenvalue weighted by molar-refractivity contribution is 9.10. The second-order valence-electron chi connectivity index (χ2n) is 7.58. The first-order chi connectivity index (χ1) is 17.3. The molecule has 184 valence electrons. The van der Waals surface area contributed by atoms with Crippen molar-refractivity contribution in [3.63, 3.8) is 0 Å². The Morgan fingerprint density at radius 2 is 1.72 bits per heavy atom. The van der Waals surface area contributed by atoms with Gasteiger partial charge in [-0.2, -0.15) is 0 Å². The number of nitrogens with zero attached hydrogens (tertiary/aromatic N) is 1. The van der Waals surface area contributed by atoms with Gasteiger partial charge < -0.3 is 9.47 Å². The predicted molar refractivity (Wildman–Crippen MR) is 139 cm³/mol. The van der Waals surface area contributed by atoms with E-state index in [9.17, 15) is 18.8 Å². The lowest BCUT2D eigenvalue weighted by molar-refractivity contribution is -0.122. The van der Waals surface area contributed by atoms with Crippen LogP contribution >= 0.6 is 31.9 Å². The fraction of sp³-hybridized carbons (Fsp3) is 0.115. The van der Waals surface area contributed by atoms with Gasteiger partial charge >= 0.3 is 6.03 Å². The van der Waals surface area contributed by atoms with Gasteiger partial charge in [0.2, 0.25) is 0 Å². The molecule has 7 nitrogen and oxygen atoms in total. The quantitative estimate of drug-likeness (QED) is 0.260. The van der Waals surface area contributed by atoms with Gasteiger partial charge in [0.25, 0.3) is 11.8 Å². The monoisotopic (exact) mass is 616 g/mol. The highest BCUT2D eigenvalue weighted by atomic mass is 79.9. The highest BCUT2D eigenvalue weighted by Gasteiger charge is 2.36. The van der Waals surface area contributed by atoms with Gasteiger partial charge in [0.15, 0.2) is 11.5 Å². The first-order valence-corrected chi connectivity index (χ1v) is 12.4. The average molecular weight is 618 g/mol. The van der Waals surface area contributed by atoms with Gasteiger partial charge in [0.1, 0.15) is 18.0 Å². The number of nitrogens with one attached hydrogen (secondary N) is 1. The van der Waals surface area contributed by atoms with E-state index in [1.165, 1.54) is 12.1 Å². The highest BCUT2D eigenvalue weighted by Crippen LogP contribution is 2.38. The fourth-order valence-electron chi connectivity index (χ4n) is 3.49. The number of carbonyl (C=O) groups is 3. The number of ether oxygens (including phenoxy) is 2. The lowest BCUT2D eigenvalue weighted by Crippen LogP contribution is -2.54. The predicted octanol–water partition coefficient (Wildman–Crippen LogP) is 5.99. The van der Waals surface area contributed by atoms with E-state index in [-0.39, 0.29) is 18.0 Å². The molecule has 1 fully saturated rings. The summed E-state index contributed by atoms with van der Waals surface area (Å²) >= 11 is 6.75. The molecule has 3 aromatic rings. The van der Waals surface area contributed by atoms with Crippen molar-refractivity contribution in [2.45, 2.75) is 13.5 Å². The summed E-state index contributed by atoms with van der Waals surface area (Å²) in [6.07, 6.45) is 1.36. The number of hydrogen-bond acceptors (Lipinski definition) is 5. The number of imide groups is 2. The van der Waals surface area contributed by atoms with E-state index in [1.54, 1.807) is 61.5 Å². The molecule has 1 saturated heterocycles. The van der Waals surface area contributed by atoms with Crippen LogP contribution in [0.3, 0.4) is 0 Å². The zero-order chi connectivity index (χ0) is 25.8. The van der Waals surface area contributed by atoms with E-state index in [2.05, 4.69) is 37.2 Å². The van der Waals surface area contributed by atoms with Crippen molar-refractivity contribution in [2.24, 2.45) is 0 Å². The molecule has 4 rings (SSSR count). The van der Waals surface area contributed by atoms with Crippen molar-refractivity contribution in [1.82, 2.24) is 5.32 Å². The molecule has 0 atom stereocenters. The number of carbonyl (C=O) groups excluding carboxylic acids is 3. The van der Waals surface area contributed by atoms with Crippen LogP contribution in [0.15, 0.2) is 75.2 Å². The van der Waals surface area contributed by atoms with Gasteiger partial charge in [-0.1, -0.05) is 34.1 Å². The summed E-state index contributed by atoms with van der Waals surface area (Å²) < 4.78 is 26.8. The number of amides is 4. The summed E-state index contributed by atoms with van der Waals surface area (Å²) in [5.74, 6) is -1.29. The molecule has 0 saturated carbocycles. The van der Waals surface area contributed by atoms with Crippen LogP contribution in [0.5, 0.6) is 11.5 Å². The molecule has 0 spiro atoms. The summed E-state index contributed by atoms with van der Waals surface area (Å²) in [6.45, 7) is 2.07. The van der Waals surface area contributed by atoms with E-state index in [4.69, 9.17) is 9.47 Å². The zero-order valence-electron chi connectivity index (χ0n) is 18.9. The molecule has 0 bridgehead atoms. The summed E-state index contributed by atoms with van der Waals surface area (Å²) in [4.78, 5) is 39.0. The van der Waals surface area contributed by atoms with Gasteiger partial charge in [-0.3, -0.25) is 14.9 Å². The molecule has 0 unspecified atom stereocenters. The van der Waals surface area contributed by atoms with E-state index in [0.29, 0.717) is 39.4 Å². The maximum absolute atomic E-state index is 14.0. The van der Waals surface area contributed by atoms with Crippen LogP contribution in [0, 0.1) is 5.82 Å². The third-order valence-electron chi connectivity index (χ3n) is 5.16. The summed E-state index contributed by atoms with van der Waals surface area (Å²) in [5, 5.41) is 2.20. The van der Waals surface area contributed by atoms with Crippen LogP contribution < -0.4 is 19.7 Å². The Morgan fingerprint density at radius 3 is 2.42 bits per heavy atom. The minimum absolute atomic E-state index is 0.0308. The van der Waals surface area contributed by atoms with Crippen molar-refractivity contribution in [3.05, 3.63) is 92.1 Å².